The molecule has 1 aromatic carbocycles. The number of benzene rings is 1. The van der Waals surface area contributed by atoms with E-state index in [1.54, 1.807) is 25.1 Å². The molecule has 5 nitrogen and oxygen atoms in total. The van der Waals surface area contributed by atoms with E-state index < -0.39 is 11.4 Å². The van der Waals surface area contributed by atoms with Crippen LogP contribution in [0.2, 0.25) is 10.0 Å². The van der Waals surface area contributed by atoms with Crippen LogP contribution in [0, 0.1) is 6.92 Å². The van der Waals surface area contributed by atoms with Crippen molar-refractivity contribution < 1.29 is 9.53 Å². The Morgan fingerprint density at radius 2 is 2.00 bits per heavy atom. The van der Waals surface area contributed by atoms with E-state index in [-0.39, 0.29) is 5.69 Å². The molecule has 0 fully saturated rings. The molecule has 1 aromatic heterocycles. The summed E-state index contributed by atoms with van der Waals surface area (Å²) < 4.78 is 5.92. The molecule has 0 atom stereocenters. The maximum absolute atomic E-state index is 11.8. The Morgan fingerprint density at radius 1 is 1.30 bits per heavy atom. The maximum Gasteiger partial charge on any atom is 0.362 e. The topological polar surface area (TPSA) is 61.2 Å². The Kier molecular flexibility index (Phi) is 4.11. The van der Waals surface area contributed by atoms with Crippen molar-refractivity contribution in [1.29, 1.82) is 0 Å². The first-order chi connectivity index (χ1) is 9.43. The third kappa shape index (κ3) is 2.69. The fraction of sp³-hybridized carbons (Fsp3) is 0.154. The predicted molar refractivity (Wildman–Crippen MR) is 75.9 cm³/mol. The van der Waals surface area contributed by atoms with E-state index in [4.69, 9.17) is 23.2 Å². The number of hydrogen-bond donors (Lipinski definition) is 0. The molecule has 0 aliphatic carbocycles. The lowest BCUT2D eigenvalue weighted by atomic mass is 10.2. The Hall–Kier alpha value is -1.85. The number of carbonyl (C=O) groups excluding carboxylic acids is 1. The number of aromatic nitrogens is 2. The molecule has 7 heteroatoms. The second kappa shape index (κ2) is 5.64. The van der Waals surface area contributed by atoms with Gasteiger partial charge < -0.3 is 4.74 Å². The third-order valence-corrected chi connectivity index (χ3v) is 3.38. The van der Waals surface area contributed by atoms with Gasteiger partial charge in [-0.15, -0.1) is 0 Å². The number of methoxy groups -OCH3 is 1. The second-order valence-corrected chi connectivity index (χ2v) is 4.84. The van der Waals surface area contributed by atoms with Crippen LogP contribution < -0.4 is 5.43 Å². The molecule has 0 N–H and O–H groups in total. The molecule has 0 aliphatic rings. The number of aryl methyl sites for hydroxylation is 1. The minimum atomic E-state index is -0.785. The van der Waals surface area contributed by atoms with Crippen molar-refractivity contribution in [2.75, 3.05) is 7.11 Å². The first kappa shape index (κ1) is 14.6. The summed E-state index contributed by atoms with van der Waals surface area (Å²) in [6.07, 6.45) is 1.51. The Labute approximate surface area is 124 Å². The fourth-order valence-electron chi connectivity index (χ4n) is 1.60. The van der Waals surface area contributed by atoms with E-state index in [2.05, 4.69) is 9.84 Å². The molecule has 0 aliphatic heterocycles. The molecular formula is C13H10Cl2N2O3. The van der Waals surface area contributed by atoms with Crippen LogP contribution in [0.3, 0.4) is 0 Å². The van der Waals surface area contributed by atoms with Crippen LogP contribution in [0.25, 0.3) is 5.69 Å². The number of carbonyl (C=O) groups is 1. The van der Waals surface area contributed by atoms with Crippen molar-refractivity contribution in [3.05, 3.63) is 55.9 Å². The lowest BCUT2D eigenvalue weighted by molar-refractivity contribution is 0.0590. The highest BCUT2D eigenvalue weighted by molar-refractivity contribution is 6.42. The zero-order chi connectivity index (χ0) is 14.9. The zero-order valence-corrected chi connectivity index (χ0v) is 12.2. The van der Waals surface area contributed by atoms with Gasteiger partial charge in [0.1, 0.15) is 0 Å². The highest BCUT2D eigenvalue weighted by Gasteiger charge is 2.16. The van der Waals surface area contributed by atoms with Gasteiger partial charge in [-0.05, 0) is 25.1 Å². The normalized spacial score (nSPS) is 10.4. The van der Waals surface area contributed by atoms with E-state index in [9.17, 15) is 9.59 Å². The van der Waals surface area contributed by atoms with E-state index in [1.807, 2.05) is 0 Å². The first-order valence-corrected chi connectivity index (χ1v) is 6.34. The van der Waals surface area contributed by atoms with Crippen LogP contribution in [0.5, 0.6) is 0 Å². The Morgan fingerprint density at radius 3 is 2.60 bits per heavy atom. The summed E-state index contributed by atoms with van der Waals surface area (Å²) in [6.45, 7) is 1.59. The Bertz CT molecular complexity index is 741. The van der Waals surface area contributed by atoms with E-state index in [1.165, 1.54) is 18.0 Å². The number of rotatable bonds is 2. The average molecular weight is 313 g/mol. The standard InChI is InChI=1S/C13H10Cl2N2O3/c1-7-6-17(8-3-4-9(14)10(15)5-8)16-11(12(7)18)13(19)20-2/h3-6H,1-2H3. The summed E-state index contributed by atoms with van der Waals surface area (Å²) in [7, 11) is 1.19. The van der Waals surface area contributed by atoms with Crippen LogP contribution in [0.4, 0.5) is 0 Å². The van der Waals surface area contributed by atoms with Crippen molar-refractivity contribution in [3.8, 4) is 5.69 Å². The molecule has 0 bridgehead atoms. The predicted octanol–water partition coefficient (Wildman–Crippen LogP) is 2.63. The summed E-state index contributed by atoms with van der Waals surface area (Å²) in [4.78, 5) is 23.4. The van der Waals surface area contributed by atoms with Gasteiger partial charge in [-0.3, -0.25) is 4.79 Å². The minimum absolute atomic E-state index is 0.279. The molecule has 0 amide bonds. The molecule has 0 unspecified atom stereocenters. The number of hydrogen-bond acceptors (Lipinski definition) is 4. The molecule has 0 radical (unpaired) electrons. The van der Waals surface area contributed by atoms with Crippen molar-refractivity contribution in [1.82, 2.24) is 9.78 Å². The zero-order valence-electron chi connectivity index (χ0n) is 10.7. The van der Waals surface area contributed by atoms with Crippen LogP contribution in [0.1, 0.15) is 16.1 Å². The van der Waals surface area contributed by atoms with E-state index in [0.717, 1.165) is 0 Å². The molecular weight excluding hydrogens is 303 g/mol. The monoisotopic (exact) mass is 312 g/mol. The number of esters is 1. The first-order valence-electron chi connectivity index (χ1n) is 5.58. The van der Waals surface area contributed by atoms with Crippen LogP contribution in [0.15, 0.2) is 29.2 Å². The molecule has 0 saturated carbocycles. The molecule has 2 aromatic rings. The average Bonchev–Trinajstić information content (AvgIpc) is 2.44. The minimum Gasteiger partial charge on any atom is -0.464 e. The van der Waals surface area contributed by atoms with Crippen molar-refractivity contribution in [2.24, 2.45) is 0 Å². The lowest BCUT2D eigenvalue weighted by Crippen LogP contribution is -2.24. The summed E-state index contributed by atoms with van der Waals surface area (Å²) in [5, 5.41) is 4.73. The van der Waals surface area contributed by atoms with Crippen LogP contribution in [-0.2, 0) is 4.74 Å². The van der Waals surface area contributed by atoms with Gasteiger partial charge in [0.05, 0.1) is 22.8 Å². The molecule has 0 spiro atoms. The van der Waals surface area contributed by atoms with Gasteiger partial charge in [0.15, 0.2) is 0 Å². The van der Waals surface area contributed by atoms with Gasteiger partial charge >= 0.3 is 5.97 Å². The summed E-state index contributed by atoms with van der Waals surface area (Å²) >= 11 is 11.8. The van der Waals surface area contributed by atoms with Crippen LogP contribution in [-0.4, -0.2) is 22.9 Å². The molecule has 2 rings (SSSR count). The highest BCUT2D eigenvalue weighted by atomic mass is 35.5. The maximum atomic E-state index is 11.8. The molecule has 20 heavy (non-hydrogen) atoms. The second-order valence-electron chi connectivity index (χ2n) is 4.02. The van der Waals surface area contributed by atoms with Gasteiger partial charge in [-0.25, -0.2) is 9.48 Å². The highest BCUT2D eigenvalue weighted by Crippen LogP contribution is 2.24. The number of nitrogens with zero attached hydrogens (tertiary/aromatic N) is 2. The number of ether oxygens (including phenoxy) is 1. The molecule has 0 saturated heterocycles. The van der Waals surface area contributed by atoms with Crippen molar-refractivity contribution in [3.63, 3.8) is 0 Å². The summed E-state index contributed by atoms with van der Waals surface area (Å²) in [5.41, 5.74) is 0.200. The largest absolute Gasteiger partial charge is 0.464 e. The van der Waals surface area contributed by atoms with Gasteiger partial charge in [0.2, 0.25) is 11.1 Å². The van der Waals surface area contributed by atoms with Crippen molar-refractivity contribution in [2.45, 2.75) is 6.92 Å². The van der Waals surface area contributed by atoms with Gasteiger partial charge in [-0.1, -0.05) is 23.2 Å². The van der Waals surface area contributed by atoms with Crippen molar-refractivity contribution >= 4 is 29.2 Å². The molecule has 1 heterocycles. The number of halogens is 2. The fourth-order valence-corrected chi connectivity index (χ4v) is 1.89. The van der Waals surface area contributed by atoms with E-state index in [0.29, 0.717) is 21.3 Å². The third-order valence-electron chi connectivity index (χ3n) is 2.64. The Balaban J connectivity index is 2.63. The van der Waals surface area contributed by atoms with Gasteiger partial charge in [0.25, 0.3) is 0 Å². The summed E-state index contributed by atoms with van der Waals surface area (Å²) in [6, 6.07) is 4.86. The molecule has 104 valence electrons. The SMILES string of the molecule is COC(=O)c1nn(-c2ccc(Cl)c(Cl)c2)cc(C)c1=O. The van der Waals surface area contributed by atoms with Gasteiger partial charge in [-0.2, -0.15) is 5.10 Å². The van der Waals surface area contributed by atoms with E-state index >= 15 is 0 Å². The smallest absolute Gasteiger partial charge is 0.362 e. The quantitative estimate of drug-likeness (QED) is 0.800. The lowest BCUT2D eigenvalue weighted by Gasteiger charge is -2.09. The van der Waals surface area contributed by atoms with Crippen LogP contribution >= 0.6 is 23.2 Å². The summed E-state index contributed by atoms with van der Waals surface area (Å²) in [5.74, 6) is -0.785. The van der Waals surface area contributed by atoms with Gasteiger partial charge in [0, 0.05) is 11.8 Å².